The number of carbonyl (C=O) groups excluding carboxylic acids is 2. The first-order valence-corrected chi connectivity index (χ1v) is 11.7. The van der Waals surface area contributed by atoms with E-state index in [9.17, 15) is 22.8 Å². The standard InChI is InChI=1S/C23H19BrF3N5O6/c1-11(2)35-22(34)36-12(3)32-30-20(29-31-32)19-8-13-4-5-14(9-18(13)37-19)21(33)28-15-6-7-17(16(24)10-15)38-23(25,26)27/h4-12H,1-3H3,(H,28,33). The molecule has 1 N–H and O–H groups in total. The maximum Gasteiger partial charge on any atom is 0.573 e. The van der Waals surface area contributed by atoms with Crippen LogP contribution in [0.4, 0.5) is 23.7 Å². The van der Waals surface area contributed by atoms with Crippen molar-refractivity contribution in [1.82, 2.24) is 20.2 Å². The first kappa shape index (κ1) is 26.9. The van der Waals surface area contributed by atoms with Gasteiger partial charge in [0.25, 0.3) is 5.91 Å². The lowest BCUT2D eigenvalue weighted by Gasteiger charge is -2.12. The predicted molar refractivity (Wildman–Crippen MR) is 129 cm³/mol. The molecule has 1 amide bonds. The summed E-state index contributed by atoms with van der Waals surface area (Å²) in [4.78, 5) is 25.5. The maximum atomic E-state index is 12.7. The molecule has 4 rings (SSSR count). The molecule has 200 valence electrons. The minimum absolute atomic E-state index is 0.0100. The number of aromatic nitrogens is 4. The Hall–Kier alpha value is -4.14. The van der Waals surface area contributed by atoms with E-state index in [1.807, 2.05) is 0 Å². The number of nitrogens with one attached hydrogen (secondary N) is 1. The van der Waals surface area contributed by atoms with Crippen molar-refractivity contribution in [3.8, 4) is 17.3 Å². The highest BCUT2D eigenvalue weighted by Gasteiger charge is 2.32. The number of carbonyl (C=O) groups is 2. The minimum atomic E-state index is -4.85. The molecule has 2 heterocycles. The van der Waals surface area contributed by atoms with E-state index in [1.54, 1.807) is 32.0 Å². The summed E-state index contributed by atoms with van der Waals surface area (Å²) in [5.74, 6) is -0.595. The molecular formula is C23H19BrF3N5O6. The van der Waals surface area contributed by atoms with Gasteiger partial charge in [-0.1, -0.05) is 6.07 Å². The van der Waals surface area contributed by atoms with Gasteiger partial charge in [-0.25, -0.2) is 4.79 Å². The van der Waals surface area contributed by atoms with Gasteiger partial charge in [0.1, 0.15) is 11.3 Å². The summed E-state index contributed by atoms with van der Waals surface area (Å²) in [7, 11) is 0. The quantitative estimate of drug-likeness (QED) is 0.252. The Balaban J connectivity index is 1.46. The second kappa shape index (κ2) is 10.7. The van der Waals surface area contributed by atoms with E-state index >= 15 is 0 Å². The molecule has 38 heavy (non-hydrogen) atoms. The van der Waals surface area contributed by atoms with Gasteiger partial charge in [0.15, 0.2) is 5.76 Å². The lowest BCUT2D eigenvalue weighted by Crippen LogP contribution is -2.20. The molecule has 2 aromatic heterocycles. The van der Waals surface area contributed by atoms with Gasteiger partial charge in [0, 0.05) is 16.6 Å². The molecular weight excluding hydrogens is 579 g/mol. The van der Waals surface area contributed by atoms with Crippen LogP contribution in [0, 0.1) is 0 Å². The lowest BCUT2D eigenvalue weighted by atomic mass is 10.1. The Labute approximate surface area is 221 Å². The zero-order chi connectivity index (χ0) is 27.6. The van der Waals surface area contributed by atoms with E-state index in [4.69, 9.17) is 13.9 Å². The van der Waals surface area contributed by atoms with E-state index < -0.39 is 30.4 Å². The third-order valence-electron chi connectivity index (χ3n) is 4.77. The Bertz CT molecular complexity index is 1490. The molecule has 0 bridgehead atoms. The van der Waals surface area contributed by atoms with Crippen LogP contribution >= 0.6 is 15.9 Å². The number of halogens is 4. The van der Waals surface area contributed by atoms with E-state index in [0.29, 0.717) is 11.0 Å². The second-order valence-corrected chi connectivity index (χ2v) is 8.93. The largest absolute Gasteiger partial charge is 0.573 e. The van der Waals surface area contributed by atoms with Gasteiger partial charge >= 0.3 is 12.5 Å². The average molecular weight is 598 g/mol. The van der Waals surface area contributed by atoms with Crippen LogP contribution in [0.5, 0.6) is 5.75 Å². The minimum Gasteiger partial charge on any atom is -0.453 e. The number of amides is 1. The Morgan fingerprint density at radius 2 is 1.84 bits per heavy atom. The smallest absolute Gasteiger partial charge is 0.453 e. The van der Waals surface area contributed by atoms with Crippen LogP contribution < -0.4 is 10.1 Å². The van der Waals surface area contributed by atoms with Gasteiger partial charge < -0.3 is 23.9 Å². The monoisotopic (exact) mass is 597 g/mol. The fraction of sp³-hybridized carbons (Fsp3) is 0.261. The summed E-state index contributed by atoms with van der Waals surface area (Å²) < 4.78 is 57.1. The molecule has 0 spiro atoms. The summed E-state index contributed by atoms with van der Waals surface area (Å²) in [5.41, 5.74) is 0.822. The van der Waals surface area contributed by atoms with Crippen molar-refractivity contribution in [2.75, 3.05) is 5.32 Å². The van der Waals surface area contributed by atoms with Gasteiger partial charge in [-0.2, -0.15) is 0 Å². The van der Waals surface area contributed by atoms with Gasteiger partial charge in [-0.05, 0) is 78.3 Å². The number of tetrazole rings is 1. The number of rotatable bonds is 7. The first-order valence-electron chi connectivity index (χ1n) is 11.0. The van der Waals surface area contributed by atoms with Crippen LogP contribution in [-0.4, -0.2) is 44.7 Å². The number of hydrogen-bond acceptors (Lipinski definition) is 9. The maximum absolute atomic E-state index is 12.7. The number of hydrogen-bond donors (Lipinski definition) is 1. The molecule has 1 atom stereocenters. The lowest BCUT2D eigenvalue weighted by molar-refractivity contribution is -0.274. The fourth-order valence-electron chi connectivity index (χ4n) is 3.16. The van der Waals surface area contributed by atoms with Gasteiger partial charge in [-0.3, -0.25) is 4.79 Å². The molecule has 0 saturated carbocycles. The highest BCUT2D eigenvalue weighted by molar-refractivity contribution is 9.10. The Morgan fingerprint density at radius 1 is 1.08 bits per heavy atom. The van der Waals surface area contributed by atoms with E-state index in [-0.39, 0.29) is 33.4 Å². The van der Waals surface area contributed by atoms with Crippen LogP contribution in [-0.2, 0) is 9.47 Å². The number of benzene rings is 2. The van der Waals surface area contributed by atoms with Crippen LogP contribution in [0.15, 0.2) is 51.4 Å². The van der Waals surface area contributed by atoms with Crippen LogP contribution in [0.1, 0.15) is 37.4 Å². The number of anilines is 1. The highest BCUT2D eigenvalue weighted by Crippen LogP contribution is 2.33. The van der Waals surface area contributed by atoms with Crippen molar-refractivity contribution in [3.63, 3.8) is 0 Å². The van der Waals surface area contributed by atoms with Crippen molar-refractivity contribution in [2.45, 2.75) is 39.5 Å². The number of nitrogens with zero attached hydrogens (tertiary/aromatic N) is 4. The first-order chi connectivity index (χ1) is 17.9. The second-order valence-electron chi connectivity index (χ2n) is 8.08. The van der Waals surface area contributed by atoms with Gasteiger partial charge in [0.2, 0.25) is 12.1 Å². The van der Waals surface area contributed by atoms with Crippen LogP contribution in [0.2, 0.25) is 0 Å². The molecule has 0 saturated heterocycles. The molecule has 0 fully saturated rings. The van der Waals surface area contributed by atoms with E-state index in [1.165, 1.54) is 25.1 Å². The topological polar surface area (TPSA) is 131 Å². The highest BCUT2D eigenvalue weighted by atomic mass is 79.9. The normalized spacial score (nSPS) is 12.4. The molecule has 2 aromatic carbocycles. The molecule has 0 aliphatic carbocycles. The number of ether oxygens (including phenoxy) is 3. The van der Waals surface area contributed by atoms with Crippen molar-refractivity contribution in [3.05, 3.63) is 52.5 Å². The molecule has 0 aliphatic rings. The summed E-state index contributed by atoms with van der Waals surface area (Å²) in [5, 5.41) is 15.2. The van der Waals surface area contributed by atoms with Crippen LogP contribution in [0.3, 0.4) is 0 Å². The molecule has 4 aromatic rings. The summed E-state index contributed by atoms with van der Waals surface area (Å²) in [6.07, 6.45) is -6.96. The van der Waals surface area contributed by atoms with E-state index in [2.05, 4.69) is 41.4 Å². The summed E-state index contributed by atoms with van der Waals surface area (Å²) in [6.45, 7) is 4.90. The molecule has 1 unspecified atom stereocenters. The molecule has 11 nitrogen and oxygen atoms in total. The molecule has 0 radical (unpaired) electrons. The number of furan rings is 1. The average Bonchev–Trinajstić information content (AvgIpc) is 3.46. The zero-order valence-electron chi connectivity index (χ0n) is 19.9. The predicted octanol–water partition coefficient (Wildman–Crippen LogP) is 6.08. The van der Waals surface area contributed by atoms with Crippen molar-refractivity contribution in [1.29, 1.82) is 0 Å². The molecule has 0 aliphatic heterocycles. The SMILES string of the molecule is CC(C)OC(=O)OC(C)n1nnc(-c2cc3ccc(C(=O)Nc4ccc(OC(F)(F)F)c(Br)c4)cc3o2)n1. The van der Waals surface area contributed by atoms with Crippen molar-refractivity contribution >= 4 is 44.6 Å². The van der Waals surface area contributed by atoms with Gasteiger partial charge in [0.05, 0.1) is 10.6 Å². The number of alkyl halides is 3. The third-order valence-corrected chi connectivity index (χ3v) is 5.39. The fourth-order valence-corrected chi connectivity index (χ4v) is 3.62. The zero-order valence-corrected chi connectivity index (χ0v) is 21.5. The summed E-state index contributed by atoms with van der Waals surface area (Å²) in [6, 6.07) is 9.96. The third kappa shape index (κ3) is 6.59. The van der Waals surface area contributed by atoms with E-state index in [0.717, 1.165) is 10.9 Å². The summed E-state index contributed by atoms with van der Waals surface area (Å²) >= 11 is 2.99. The van der Waals surface area contributed by atoms with Crippen molar-refractivity contribution < 1.29 is 41.4 Å². The number of fused-ring (bicyclic) bond motifs is 1. The molecule has 15 heteroatoms. The van der Waals surface area contributed by atoms with Crippen LogP contribution in [0.25, 0.3) is 22.6 Å². The Morgan fingerprint density at radius 3 is 2.53 bits per heavy atom. The van der Waals surface area contributed by atoms with Gasteiger partial charge in [-0.15, -0.1) is 28.2 Å². The Kier molecular flexibility index (Phi) is 7.57. The van der Waals surface area contributed by atoms with Crippen molar-refractivity contribution in [2.24, 2.45) is 0 Å².